The first kappa shape index (κ1) is 20.7. The first-order valence-corrected chi connectivity index (χ1v) is 11.6. The van der Waals surface area contributed by atoms with Gasteiger partial charge in [-0.1, -0.05) is 25.1 Å². The van der Waals surface area contributed by atoms with Gasteiger partial charge in [0, 0.05) is 31.6 Å². The summed E-state index contributed by atoms with van der Waals surface area (Å²) in [5.41, 5.74) is 0.558. The number of fused-ring (bicyclic) bond motifs is 2. The zero-order chi connectivity index (χ0) is 21.3. The number of likely N-dealkylation sites (tertiary alicyclic amines) is 1. The maximum atomic E-state index is 13.3. The average Bonchev–Trinajstić information content (AvgIpc) is 3.01. The van der Waals surface area contributed by atoms with E-state index in [2.05, 4.69) is 0 Å². The van der Waals surface area contributed by atoms with Crippen LogP contribution in [0, 0.1) is 0 Å². The Hall–Kier alpha value is -2.58. The molecule has 2 aromatic carbocycles. The summed E-state index contributed by atoms with van der Waals surface area (Å²) in [6.07, 6.45) is 0.758. The monoisotopic (exact) mass is 430 g/mol. The van der Waals surface area contributed by atoms with Gasteiger partial charge in [0.25, 0.3) is 5.91 Å². The Balaban J connectivity index is 1.62. The smallest absolute Gasteiger partial charge is 0.253 e. The van der Waals surface area contributed by atoms with Gasteiger partial charge in [0.1, 0.15) is 22.5 Å². The Morgan fingerprint density at radius 2 is 1.90 bits per heavy atom. The lowest BCUT2D eigenvalue weighted by atomic mass is 10.1. The number of methoxy groups -OCH3 is 1. The molecule has 2 aromatic rings. The minimum atomic E-state index is -3.67. The fourth-order valence-corrected chi connectivity index (χ4v) is 6.11. The normalized spacial score (nSPS) is 23.3. The molecule has 0 bridgehead atoms. The topological polar surface area (TPSA) is 76.2 Å². The summed E-state index contributed by atoms with van der Waals surface area (Å²) in [6, 6.07) is 13.5. The van der Waals surface area contributed by atoms with Crippen molar-refractivity contribution in [1.29, 1.82) is 0 Å². The van der Waals surface area contributed by atoms with Crippen molar-refractivity contribution in [3.05, 3.63) is 54.1 Å². The third kappa shape index (κ3) is 3.65. The molecule has 0 radical (unpaired) electrons. The Morgan fingerprint density at radius 1 is 1.13 bits per heavy atom. The molecule has 7 nitrogen and oxygen atoms in total. The summed E-state index contributed by atoms with van der Waals surface area (Å²) in [4.78, 5) is 15.1. The molecule has 1 fully saturated rings. The van der Waals surface area contributed by atoms with Crippen LogP contribution in [0.2, 0.25) is 0 Å². The molecule has 0 spiro atoms. The van der Waals surface area contributed by atoms with Crippen molar-refractivity contribution < 1.29 is 22.7 Å². The summed E-state index contributed by atoms with van der Waals surface area (Å²) < 4.78 is 39.5. The van der Waals surface area contributed by atoms with Crippen LogP contribution in [0.25, 0.3) is 0 Å². The highest BCUT2D eigenvalue weighted by molar-refractivity contribution is 7.89. The van der Waals surface area contributed by atoms with E-state index in [4.69, 9.17) is 9.47 Å². The molecule has 2 heterocycles. The van der Waals surface area contributed by atoms with Gasteiger partial charge in [0.05, 0.1) is 13.2 Å². The molecule has 0 N–H and O–H groups in total. The predicted octanol–water partition coefficient (Wildman–Crippen LogP) is 2.77. The first-order valence-electron chi connectivity index (χ1n) is 10.2. The van der Waals surface area contributed by atoms with Crippen LogP contribution < -0.4 is 9.47 Å². The Kier molecular flexibility index (Phi) is 5.71. The van der Waals surface area contributed by atoms with Crippen LogP contribution in [-0.4, -0.2) is 62.4 Å². The van der Waals surface area contributed by atoms with E-state index in [1.807, 2.05) is 6.92 Å². The number of ether oxygens (including phenoxy) is 2. The van der Waals surface area contributed by atoms with Crippen LogP contribution in [0.1, 0.15) is 30.1 Å². The van der Waals surface area contributed by atoms with Crippen LogP contribution in [0.15, 0.2) is 53.4 Å². The quantitative estimate of drug-likeness (QED) is 0.749. The van der Waals surface area contributed by atoms with Crippen molar-refractivity contribution in [2.75, 3.05) is 26.7 Å². The summed E-state index contributed by atoms with van der Waals surface area (Å²) >= 11 is 0. The third-order valence-electron chi connectivity index (χ3n) is 5.81. The van der Waals surface area contributed by atoms with Crippen molar-refractivity contribution in [1.82, 2.24) is 9.21 Å². The molecule has 8 heteroatoms. The number of hydrogen-bond acceptors (Lipinski definition) is 5. The molecule has 1 amide bonds. The maximum absolute atomic E-state index is 13.3. The molecule has 4 rings (SSSR count). The maximum Gasteiger partial charge on any atom is 0.253 e. The summed E-state index contributed by atoms with van der Waals surface area (Å²) in [6.45, 7) is 3.15. The van der Waals surface area contributed by atoms with E-state index in [1.54, 1.807) is 60.5 Å². The van der Waals surface area contributed by atoms with Gasteiger partial charge in [0.15, 0.2) is 0 Å². The van der Waals surface area contributed by atoms with Crippen LogP contribution in [-0.2, 0) is 10.0 Å². The minimum Gasteiger partial charge on any atom is -0.497 e. The lowest BCUT2D eigenvalue weighted by molar-refractivity contribution is 0.0755. The van der Waals surface area contributed by atoms with Crippen LogP contribution in [0.3, 0.4) is 0 Å². The number of likely N-dealkylation sites (N-methyl/N-ethyl adjacent to an activating group) is 1. The van der Waals surface area contributed by atoms with Gasteiger partial charge >= 0.3 is 0 Å². The van der Waals surface area contributed by atoms with Gasteiger partial charge in [-0.25, -0.2) is 8.42 Å². The number of hydrogen-bond donors (Lipinski definition) is 0. The van der Waals surface area contributed by atoms with Gasteiger partial charge in [-0.05, 0) is 36.8 Å². The van der Waals surface area contributed by atoms with Gasteiger partial charge in [-0.15, -0.1) is 0 Å². The van der Waals surface area contributed by atoms with E-state index in [-0.39, 0.29) is 22.9 Å². The molecule has 2 aliphatic heterocycles. The zero-order valence-electron chi connectivity index (χ0n) is 17.2. The number of rotatable bonds is 3. The van der Waals surface area contributed by atoms with E-state index < -0.39 is 10.0 Å². The lowest BCUT2D eigenvalue weighted by Crippen LogP contribution is -2.47. The highest BCUT2D eigenvalue weighted by Crippen LogP contribution is 2.36. The third-order valence-corrected chi connectivity index (χ3v) is 7.85. The largest absolute Gasteiger partial charge is 0.497 e. The number of amides is 1. The van der Waals surface area contributed by atoms with Gasteiger partial charge in [-0.3, -0.25) is 4.79 Å². The molecule has 0 aliphatic carbocycles. The van der Waals surface area contributed by atoms with E-state index >= 15 is 0 Å². The molecule has 30 heavy (non-hydrogen) atoms. The minimum absolute atomic E-state index is 0.0864. The van der Waals surface area contributed by atoms with E-state index in [9.17, 15) is 13.2 Å². The Morgan fingerprint density at radius 3 is 2.67 bits per heavy atom. The number of sulfonamides is 1. The van der Waals surface area contributed by atoms with Crippen molar-refractivity contribution >= 4 is 15.9 Å². The molecular weight excluding hydrogens is 404 g/mol. The van der Waals surface area contributed by atoms with Gasteiger partial charge < -0.3 is 14.4 Å². The highest BCUT2D eigenvalue weighted by atomic mass is 32.2. The predicted molar refractivity (Wildman–Crippen MR) is 112 cm³/mol. The molecule has 2 atom stereocenters. The molecule has 2 aliphatic rings. The zero-order valence-corrected chi connectivity index (χ0v) is 18.0. The molecule has 1 saturated heterocycles. The number of carbonyl (C=O) groups is 1. The second-order valence-corrected chi connectivity index (χ2v) is 9.34. The highest BCUT2D eigenvalue weighted by Gasteiger charge is 2.42. The Labute approximate surface area is 177 Å². The van der Waals surface area contributed by atoms with Crippen molar-refractivity contribution in [3.8, 4) is 11.5 Å². The standard InChI is InChI=1S/C22H26N2O5S/c1-3-24-18-11-13-23(22(25)16-7-6-8-17(15-16)28-2)14-12-19(18)29-20-9-4-5-10-21(20)30(24,26)27/h4-10,15,18-19H,3,11-14H2,1-2H3/t18-,19-/m0/s1. The molecule has 0 unspecified atom stereocenters. The van der Waals surface area contributed by atoms with Gasteiger partial charge in [0.2, 0.25) is 10.0 Å². The number of para-hydroxylation sites is 1. The average molecular weight is 431 g/mol. The van der Waals surface area contributed by atoms with Crippen LogP contribution >= 0.6 is 0 Å². The van der Waals surface area contributed by atoms with Gasteiger partial charge in [-0.2, -0.15) is 4.31 Å². The second-order valence-electron chi connectivity index (χ2n) is 7.48. The molecular formula is C22H26N2O5S. The van der Waals surface area contributed by atoms with E-state index in [0.29, 0.717) is 49.5 Å². The first-order chi connectivity index (χ1) is 14.5. The van der Waals surface area contributed by atoms with E-state index in [0.717, 1.165) is 0 Å². The van der Waals surface area contributed by atoms with Crippen LogP contribution in [0.4, 0.5) is 0 Å². The number of carbonyl (C=O) groups excluding carboxylic acids is 1. The fourth-order valence-electron chi connectivity index (χ4n) is 4.30. The van der Waals surface area contributed by atoms with Crippen LogP contribution in [0.5, 0.6) is 11.5 Å². The lowest BCUT2D eigenvalue weighted by Gasteiger charge is -2.30. The van der Waals surface area contributed by atoms with Crippen molar-refractivity contribution in [3.63, 3.8) is 0 Å². The summed E-state index contributed by atoms with van der Waals surface area (Å²) in [7, 11) is -2.10. The summed E-state index contributed by atoms with van der Waals surface area (Å²) in [5.74, 6) is 0.928. The van der Waals surface area contributed by atoms with Crippen molar-refractivity contribution in [2.24, 2.45) is 0 Å². The second kappa shape index (κ2) is 8.28. The van der Waals surface area contributed by atoms with Crippen molar-refractivity contribution in [2.45, 2.75) is 36.8 Å². The van der Waals surface area contributed by atoms with E-state index in [1.165, 1.54) is 4.31 Å². The number of benzene rings is 2. The molecule has 0 saturated carbocycles. The molecule has 0 aromatic heterocycles. The summed E-state index contributed by atoms with van der Waals surface area (Å²) in [5, 5.41) is 0. The number of nitrogens with zero attached hydrogens (tertiary/aromatic N) is 2. The fraction of sp³-hybridized carbons (Fsp3) is 0.409. The molecule has 160 valence electrons. The SMILES string of the molecule is CCN1[C@H]2CCN(C(=O)c3cccc(OC)c3)CC[C@@H]2Oc2ccccc2S1(=O)=O. The Bertz CT molecular complexity index is 1040.